The fraction of sp³-hybridized carbons (Fsp3) is 0.250. The molecule has 3 aromatic rings. The summed E-state index contributed by atoms with van der Waals surface area (Å²) in [6.07, 6.45) is 1.86. The van der Waals surface area contributed by atoms with Gasteiger partial charge in [-0.1, -0.05) is 42.5 Å². The van der Waals surface area contributed by atoms with Gasteiger partial charge in [-0.05, 0) is 41.3 Å². The van der Waals surface area contributed by atoms with Crippen molar-refractivity contribution in [1.29, 1.82) is 0 Å². The summed E-state index contributed by atoms with van der Waals surface area (Å²) in [4.78, 5) is 27.4. The number of thioether (sulfide) groups is 1. The molecular formula is C24H24N2O5S2. The van der Waals surface area contributed by atoms with E-state index < -0.39 is 16.0 Å². The van der Waals surface area contributed by atoms with E-state index in [1.165, 1.54) is 21.0 Å². The summed E-state index contributed by atoms with van der Waals surface area (Å²) in [5.41, 5.74) is 0.420. The molecule has 172 valence electrons. The standard InChI is InChI=1S/C24H24N2O5S2/c1-32-22-9-5-4-8-21(22)24(28)31-17-23(27)25-12-14-26(15-13-25)33(29,30)20-11-10-18-6-2-3-7-19(18)16-20/h2-11,16H,12-15,17H2,1H3. The number of esters is 1. The molecule has 3 aromatic carbocycles. The van der Waals surface area contributed by atoms with Crippen LogP contribution >= 0.6 is 11.8 Å². The zero-order chi connectivity index (χ0) is 23.4. The van der Waals surface area contributed by atoms with Gasteiger partial charge in [-0.2, -0.15) is 4.31 Å². The van der Waals surface area contributed by atoms with Crippen molar-refractivity contribution in [3.63, 3.8) is 0 Å². The van der Waals surface area contributed by atoms with Crippen molar-refractivity contribution in [2.75, 3.05) is 39.0 Å². The summed E-state index contributed by atoms with van der Waals surface area (Å²) >= 11 is 1.43. The zero-order valence-corrected chi connectivity index (χ0v) is 19.8. The number of amides is 1. The first-order valence-electron chi connectivity index (χ1n) is 10.5. The summed E-state index contributed by atoms with van der Waals surface area (Å²) in [7, 11) is -3.66. The maximum Gasteiger partial charge on any atom is 0.339 e. The van der Waals surface area contributed by atoms with Crippen LogP contribution in [0.3, 0.4) is 0 Å². The Morgan fingerprint density at radius 1 is 0.909 bits per heavy atom. The minimum Gasteiger partial charge on any atom is -0.452 e. The van der Waals surface area contributed by atoms with Gasteiger partial charge < -0.3 is 9.64 Å². The third-order valence-electron chi connectivity index (χ3n) is 5.60. The Morgan fingerprint density at radius 2 is 1.58 bits per heavy atom. The van der Waals surface area contributed by atoms with Crippen molar-refractivity contribution in [2.45, 2.75) is 9.79 Å². The third kappa shape index (κ3) is 5.05. The number of carbonyl (C=O) groups excluding carboxylic acids is 2. The second-order valence-corrected chi connectivity index (χ2v) is 10.4. The van der Waals surface area contributed by atoms with Gasteiger partial charge in [-0.15, -0.1) is 11.8 Å². The molecule has 1 aliphatic heterocycles. The topological polar surface area (TPSA) is 84.0 Å². The van der Waals surface area contributed by atoms with Crippen LogP contribution in [0, 0.1) is 0 Å². The first kappa shape index (κ1) is 23.3. The summed E-state index contributed by atoms with van der Waals surface area (Å²) in [6.45, 7) is 0.475. The first-order valence-corrected chi connectivity index (χ1v) is 13.1. The lowest BCUT2D eigenvalue weighted by Gasteiger charge is -2.33. The van der Waals surface area contributed by atoms with Crippen molar-refractivity contribution in [3.05, 3.63) is 72.3 Å². The van der Waals surface area contributed by atoms with Crippen molar-refractivity contribution >= 4 is 44.4 Å². The van der Waals surface area contributed by atoms with Gasteiger partial charge in [-0.3, -0.25) is 4.79 Å². The van der Waals surface area contributed by atoms with Crippen LogP contribution in [0.2, 0.25) is 0 Å². The molecule has 0 unspecified atom stereocenters. The van der Waals surface area contributed by atoms with Gasteiger partial charge in [-0.25, -0.2) is 13.2 Å². The van der Waals surface area contributed by atoms with E-state index in [0.717, 1.165) is 15.7 Å². The number of hydrogen-bond acceptors (Lipinski definition) is 6. The number of fused-ring (bicyclic) bond motifs is 1. The lowest BCUT2D eigenvalue weighted by atomic mass is 10.1. The molecule has 1 amide bonds. The highest BCUT2D eigenvalue weighted by atomic mass is 32.2. The second kappa shape index (κ2) is 9.94. The van der Waals surface area contributed by atoms with Crippen LogP contribution in [0.25, 0.3) is 10.8 Å². The average Bonchev–Trinajstić information content (AvgIpc) is 2.86. The lowest BCUT2D eigenvalue weighted by molar-refractivity contribution is -0.135. The maximum absolute atomic E-state index is 13.1. The molecular weight excluding hydrogens is 460 g/mol. The van der Waals surface area contributed by atoms with Gasteiger partial charge in [0.2, 0.25) is 10.0 Å². The van der Waals surface area contributed by atoms with E-state index in [9.17, 15) is 18.0 Å². The SMILES string of the molecule is CSc1ccccc1C(=O)OCC(=O)N1CCN(S(=O)(=O)c2ccc3ccccc3c2)CC1. The lowest BCUT2D eigenvalue weighted by Crippen LogP contribution is -2.51. The van der Waals surface area contributed by atoms with Crippen molar-refractivity contribution < 1.29 is 22.7 Å². The van der Waals surface area contributed by atoms with Gasteiger partial charge in [0, 0.05) is 31.1 Å². The molecule has 0 radical (unpaired) electrons. The van der Waals surface area contributed by atoms with Crippen molar-refractivity contribution in [1.82, 2.24) is 9.21 Å². The molecule has 0 bridgehead atoms. The van der Waals surface area contributed by atoms with Gasteiger partial charge in [0.25, 0.3) is 5.91 Å². The molecule has 0 saturated carbocycles. The number of nitrogens with zero attached hydrogens (tertiary/aromatic N) is 2. The van der Waals surface area contributed by atoms with Crippen LogP contribution in [-0.2, 0) is 19.6 Å². The van der Waals surface area contributed by atoms with Crippen LogP contribution in [0.15, 0.2) is 76.5 Å². The molecule has 0 spiro atoms. The zero-order valence-electron chi connectivity index (χ0n) is 18.1. The number of sulfonamides is 1. The largest absolute Gasteiger partial charge is 0.452 e. The number of ether oxygens (including phenoxy) is 1. The van der Waals surface area contributed by atoms with Crippen molar-refractivity contribution in [3.8, 4) is 0 Å². The van der Waals surface area contributed by atoms with E-state index in [1.54, 1.807) is 30.3 Å². The first-order chi connectivity index (χ1) is 15.9. The molecule has 9 heteroatoms. The molecule has 1 saturated heterocycles. The molecule has 1 heterocycles. The predicted molar refractivity (Wildman–Crippen MR) is 128 cm³/mol. The Bertz CT molecular complexity index is 1280. The molecule has 0 aromatic heterocycles. The highest BCUT2D eigenvalue weighted by Crippen LogP contribution is 2.23. The van der Waals surface area contributed by atoms with Gasteiger partial charge >= 0.3 is 5.97 Å². The fourth-order valence-corrected chi connectivity index (χ4v) is 5.81. The molecule has 1 fully saturated rings. The van der Waals surface area contributed by atoms with Crippen LogP contribution in [0.5, 0.6) is 0 Å². The summed E-state index contributed by atoms with van der Waals surface area (Å²) in [5.74, 6) is -0.890. The second-order valence-electron chi connectivity index (χ2n) is 7.57. The summed E-state index contributed by atoms with van der Waals surface area (Å²) in [6, 6.07) is 19.7. The Hall–Kier alpha value is -2.88. The highest BCUT2D eigenvalue weighted by molar-refractivity contribution is 7.98. The number of benzene rings is 3. The Morgan fingerprint density at radius 3 is 2.30 bits per heavy atom. The molecule has 0 N–H and O–H groups in total. The summed E-state index contributed by atoms with van der Waals surface area (Å²) in [5, 5.41) is 1.83. The molecule has 0 atom stereocenters. The number of carbonyl (C=O) groups is 2. The van der Waals surface area contributed by atoms with Gasteiger partial charge in [0.05, 0.1) is 10.5 Å². The normalized spacial score (nSPS) is 14.9. The smallest absolute Gasteiger partial charge is 0.339 e. The number of rotatable bonds is 6. The van der Waals surface area contributed by atoms with Gasteiger partial charge in [0.15, 0.2) is 6.61 Å². The molecule has 0 aliphatic carbocycles. The minimum atomic E-state index is -3.66. The van der Waals surface area contributed by atoms with Crippen LogP contribution < -0.4 is 0 Å². The Kier molecular flexibility index (Phi) is 7.02. The quantitative estimate of drug-likeness (QED) is 0.395. The van der Waals surface area contributed by atoms with E-state index in [4.69, 9.17) is 4.74 Å². The fourth-order valence-electron chi connectivity index (χ4n) is 3.76. The van der Waals surface area contributed by atoms with E-state index in [1.807, 2.05) is 42.7 Å². The van der Waals surface area contributed by atoms with Gasteiger partial charge in [0.1, 0.15) is 0 Å². The van der Waals surface area contributed by atoms with E-state index in [0.29, 0.717) is 5.56 Å². The monoisotopic (exact) mass is 484 g/mol. The average molecular weight is 485 g/mol. The number of hydrogen-bond donors (Lipinski definition) is 0. The van der Waals surface area contributed by atoms with Crippen LogP contribution in [0.1, 0.15) is 10.4 Å². The van der Waals surface area contributed by atoms with E-state index in [-0.39, 0.29) is 43.6 Å². The number of piperazine rings is 1. The summed E-state index contributed by atoms with van der Waals surface area (Å²) < 4.78 is 32.8. The molecule has 33 heavy (non-hydrogen) atoms. The minimum absolute atomic E-state index is 0.185. The molecule has 7 nitrogen and oxygen atoms in total. The third-order valence-corrected chi connectivity index (χ3v) is 8.29. The van der Waals surface area contributed by atoms with Crippen LogP contribution in [-0.4, -0.2) is 68.5 Å². The predicted octanol–water partition coefficient (Wildman–Crippen LogP) is 3.25. The molecule has 4 rings (SSSR count). The maximum atomic E-state index is 13.1. The Balaban J connectivity index is 1.35. The van der Waals surface area contributed by atoms with E-state index >= 15 is 0 Å². The van der Waals surface area contributed by atoms with Crippen molar-refractivity contribution in [2.24, 2.45) is 0 Å². The van der Waals surface area contributed by atoms with E-state index in [2.05, 4.69) is 0 Å². The highest BCUT2D eigenvalue weighted by Gasteiger charge is 2.30. The van der Waals surface area contributed by atoms with Crippen LogP contribution in [0.4, 0.5) is 0 Å². The Labute approximate surface area is 197 Å². The molecule has 1 aliphatic rings.